The third kappa shape index (κ3) is 2.39. The molecule has 0 radical (unpaired) electrons. The molecule has 20 heavy (non-hydrogen) atoms. The maximum Gasteiger partial charge on any atom is 0.217 e. The second-order valence-electron chi connectivity index (χ2n) is 5.36. The zero-order valence-electron chi connectivity index (χ0n) is 11.2. The van der Waals surface area contributed by atoms with E-state index in [9.17, 15) is 19.8 Å². The predicted octanol–water partition coefficient (Wildman–Crippen LogP) is -2.89. The Hall–Kier alpha value is -1.22. The Kier molecular flexibility index (Phi) is 4.01. The normalized spacial score (nSPS) is 41.2. The molecule has 0 aliphatic carbocycles. The van der Waals surface area contributed by atoms with Gasteiger partial charge >= 0.3 is 0 Å². The summed E-state index contributed by atoms with van der Waals surface area (Å²) in [5.74, 6) is -4.00. The lowest BCUT2D eigenvalue weighted by atomic mass is 9.85. The van der Waals surface area contributed by atoms with Crippen molar-refractivity contribution >= 4 is 11.9 Å². The van der Waals surface area contributed by atoms with Crippen molar-refractivity contribution in [2.24, 2.45) is 5.92 Å². The highest BCUT2D eigenvalue weighted by molar-refractivity contribution is 5.75. The van der Waals surface area contributed by atoms with E-state index < -0.39 is 42.7 Å². The van der Waals surface area contributed by atoms with Gasteiger partial charge in [0.1, 0.15) is 24.3 Å². The molecule has 2 bridgehead atoms. The molecule has 2 heterocycles. The number of amides is 1. The van der Waals surface area contributed by atoms with E-state index in [0.29, 0.717) is 0 Å². The van der Waals surface area contributed by atoms with Crippen LogP contribution >= 0.6 is 0 Å². The molecule has 2 fully saturated rings. The van der Waals surface area contributed by atoms with Crippen molar-refractivity contribution in [3.8, 4) is 0 Å². The van der Waals surface area contributed by atoms with Crippen LogP contribution in [-0.4, -0.2) is 58.8 Å². The third-order valence-corrected chi connectivity index (χ3v) is 3.78. The molecule has 0 spiro atoms. The molecule has 0 aromatic rings. The number of carbonyl (C=O) groups excluding carboxylic acids is 2. The minimum Gasteiger partial charge on any atom is -0.544 e. The molecule has 8 heteroatoms. The molecule has 2 aliphatic rings. The first-order valence-electron chi connectivity index (χ1n) is 6.44. The Balaban J connectivity index is 2.30. The van der Waals surface area contributed by atoms with E-state index in [1.54, 1.807) is 6.92 Å². The van der Waals surface area contributed by atoms with Crippen molar-refractivity contribution in [1.82, 2.24) is 5.32 Å². The fourth-order valence-corrected chi connectivity index (χ4v) is 2.89. The number of aliphatic carboxylic acids is 1. The van der Waals surface area contributed by atoms with Gasteiger partial charge in [-0.15, -0.1) is 0 Å². The molecule has 0 saturated carbocycles. The summed E-state index contributed by atoms with van der Waals surface area (Å²) in [7, 11) is 0. The minimum absolute atomic E-state index is 0.00850. The molecule has 3 N–H and O–H groups in total. The highest BCUT2D eigenvalue weighted by Crippen LogP contribution is 2.43. The van der Waals surface area contributed by atoms with Gasteiger partial charge < -0.3 is 34.9 Å². The average Bonchev–Trinajstić information content (AvgIpc) is 2.70. The van der Waals surface area contributed by atoms with Crippen LogP contribution in [0.5, 0.6) is 0 Å². The number of fused-ring (bicyclic) bond motifs is 2. The first-order valence-corrected chi connectivity index (χ1v) is 6.44. The fourth-order valence-electron chi connectivity index (χ4n) is 2.89. The number of ether oxygens (including phenoxy) is 2. The summed E-state index contributed by atoms with van der Waals surface area (Å²) < 4.78 is 10.7. The molecular formula is C12H18NO7-. The van der Waals surface area contributed by atoms with E-state index >= 15 is 0 Å². The van der Waals surface area contributed by atoms with Gasteiger partial charge in [0, 0.05) is 13.3 Å². The van der Waals surface area contributed by atoms with Crippen molar-refractivity contribution in [2.45, 2.75) is 50.4 Å². The molecule has 0 unspecified atom stereocenters. The van der Waals surface area contributed by atoms with Gasteiger partial charge in [-0.05, 0) is 5.92 Å². The van der Waals surface area contributed by atoms with E-state index in [2.05, 4.69) is 5.32 Å². The van der Waals surface area contributed by atoms with Gasteiger partial charge in [-0.1, -0.05) is 6.92 Å². The number of hydrogen-bond donors (Lipinski definition) is 3. The first-order chi connectivity index (χ1) is 9.30. The Morgan fingerprint density at radius 2 is 2.15 bits per heavy atom. The van der Waals surface area contributed by atoms with Crippen molar-refractivity contribution < 1.29 is 34.4 Å². The molecule has 114 valence electrons. The molecule has 2 aliphatic heterocycles. The molecule has 0 aromatic carbocycles. The Labute approximate surface area is 115 Å². The largest absolute Gasteiger partial charge is 0.544 e. The van der Waals surface area contributed by atoms with Crippen LogP contribution in [0.4, 0.5) is 0 Å². The van der Waals surface area contributed by atoms with Crippen molar-refractivity contribution in [3.63, 3.8) is 0 Å². The first kappa shape index (κ1) is 15.2. The summed E-state index contributed by atoms with van der Waals surface area (Å²) in [6.07, 6.45) is -3.21. The highest BCUT2D eigenvalue weighted by atomic mass is 16.8. The van der Waals surface area contributed by atoms with E-state index in [-0.39, 0.29) is 18.2 Å². The lowest BCUT2D eigenvalue weighted by molar-refractivity contribution is -0.353. The zero-order valence-corrected chi connectivity index (χ0v) is 11.2. The van der Waals surface area contributed by atoms with Crippen LogP contribution in [0.15, 0.2) is 0 Å². The smallest absolute Gasteiger partial charge is 0.217 e. The van der Waals surface area contributed by atoms with Crippen LogP contribution in [0.25, 0.3) is 0 Å². The summed E-state index contributed by atoms with van der Waals surface area (Å²) in [4.78, 5) is 22.5. The number of hydrogen-bond acceptors (Lipinski definition) is 7. The molecule has 2 saturated heterocycles. The second-order valence-corrected chi connectivity index (χ2v) is 5.36. The number of carbonyl (C=O) groups is 2. The summed E-state index contributed by atoms with van der Waals surface area (Å²) >= 11 is 0. The number of aliphatic hydroxyl groups is 2. The zero-order chi connectivity index (χ0) is 15.1. The summed E-state index contributed by atoms with van der Waals surface area (Å²) in [6.45, 7) is 2.49. The lowest BCUT2D eigenvalue weighted by Crippen LogP contribution is -2.59. The Morgan fingerprint density at radius 1 is 1.50 bits per heavy atom. The van der Waals surface area contributed by atoms with Gasteiger partial charge in [-0.25, -0.2) is 0 Å². The van der Waals surface area contributed by atoms with Crippen LogP contribution in [0.3, 0.4) is 0 Å². The van der Waals surface area contributed by atoms with E-state index in [1.165, 1.54) is 6.92 Å². The second kappa shape index (κ2) is 5.28. The predicted molar refractivity (Wildman–Crippen MR) is 62.0 cm³/mol. The number of carboxylic acid groups (broad SMARTS) is 1. The number of nitrogens with one attached hydrogen (secondary N) is 1. The standard InChI is InChI=1S/C12H19NO7/c1-5-3-12(11(17)18)19-9(7(16)4-14)10(20-12)8(5)13-6(2)15/h5,7-10,14,16H,3-4H2,1-2H3,(H,13,15)(H,17,18)/p-1/t5-,7-,8-,9-,10-,12-/m1/s1. The third-order valence-electron chi connectivity index (χ3n) is 3.78. The average molecular weight is 288 g/mol. The molecule has 0 aromatic heterocycles. The highest BCUT2D eigenvalue weighted by Gasteiger charge is 2.59. The van der Waals surface area contributed by atoms with Gasteiger partial charge in [-0.2, -0.15) is 0 Å². The number of rotatable bonds is 4. The quantitative estimate of drug-likeness (QED) is 0.506. The SMILES string of the molecule is CC(=O)N[C@H]1[C@H]2O[C@@](C(=O)[O-])(C[C@H]1C)O[C@@H]2[C@H](O)CO. The molecule has 6 atom stereocenters. The van der Waals surface area contributed by atoms with Crippen LogP contribution in [-0.2, 0) is 19.1 Å². The van der Waals surface area contributed by atoms with Crippen LogP contribution in [0.1, 0.15) is 20.3 Å². The van der Waals surface area contributed by atoms with Gasteiger partial charge in [0.2, 0.25) is 11.7 Å². The summed E-state index contributed by atoms with van der Waals surface area (Å²) in [5.41, 5.74) is 0. The van der Waals surface area contributed by atoms with Crippen molar-refractivity contribution in [2.75, 3.05) is 6.61 Å². The summed E-state index contributed by atoms with van der Waals surface area (Å²) in [6, 6.07) is -0.506. The number of aliphatic hydroxyl groups excluding tert-OH is 2. The molecule has 8 nitrogen and oxygen atoms in total. The minimum atomic E-state index is -1.93. The maximum absolute atomic E-state index is 11.3. The monoisotopic (exact) mass is 288 g/mol. The van der Waals surface area contributed by atoms with Crippen LogP contribution in [0.2, 0.25) is 0 Å². The Bertz CT molecular complexity index is 415. The topological polar surface area (TPSA) is 128 Å². The van der Waals surface area contributed by atoms with Crippen molar-refractivity contribution in [1.29, 1.82) is 0 Å². The molecule has 2 rings (SSSR count). The van der Waals surface area contributed by atoms with Crippen molar-refractivity contribution in [3.05, 3.63) is 0 Å². The maximum atomic E-state index is 11.3. The summed E-state index contributed by atoms with van der Waals surface area (Å²) in [5, 5.41) is 32.7. The van der Waals surface area contributed by atoms with E-state index in [0.717, 1.165) is 0 Å². The Morgan fingerprint density at radius 3 is 2.65 bits per heavy atom. The van der Waals surface area contributed by atoms with Gasteiger partial charge in [0.15, 0.2) is 0 Å². The van der Waals surface area contributed by atoms with E-state index in [1.807, 2.05) is 0 Å². The van der Waals surface area contributed by atoms with Crippen LogP contribution < -0.4 is 10.4 Å². The molecule has 1 amide bonds. The number of carboxylic acids is 1. The molecular weight excluding hydrogens is 270 g/mol. The van der Waals surface area contributed by atoms with E-state index in [4.69, 9.17) is 14.6 Å². The lowest BCUT2D eigenvalue weighted by Gasteiger charge is -2.40. The van der Waals surface area contributed by atoms with Crippen LogP contribution in [0, 0.1) is 5.92 Å². The van der Waals surface area contributed by atoms with Gasteiger partial charge in [-0.3, -0.25) is 4.79 Å². The van der Waals surface area contributed by atoms with Gasteiger partial charge in [0.05, 0.1) is 12.6 Å². The van der Waals surface area contributed by atoms with Gasteiger partial charge in [0.25, 0.3) is 0 Å². The fraction of sp³-hybridized carbons (Fsp3) is 0.833.